The van der Waals surface area contributed by atoms with Crippen LogP contribution >= 0.6 is 0 Å². The van der Waals surface area contributed by atoms with Crippen molar-refractivity contribution in [2.75, 3.05) is 32.2 Å². The lowest BCUT2D eigenvalue weighted by molar-refractivity contribution is -0.160. The number of benzene rings is 1. The van der Waals surface area contributed by atoms with Gasteiger partial charge in [0.1, 0.15) is 12.4 Å². The summed E-state index contributed by atoms with van der Waals surface area (Å²) in [4.78, 5) is 26.9. The number of carbonyl (C=O) groups excluding carboxylic acids is 2. The molecule has 3 atom stereocenters. The summed E-state index contributed by atoms with van der Waals surface area (Å²) in [6.07, 6.45) is 1.23. The molecule has 0 aliphatic carbocycles. The van der Waals surface area contributed by atoms with Gasteiger partial charge in [0.15, 0.2) is 6.10 Å². The van der Waals surface area contributed by atoms with Crippen LogP contribution in [0.4, 0.5) is 5.82 Å². The van der Waals surface area contributed by atoms with Gasteiger partial charge < -0.3 is 19.7 Å². The number of hydrogen-bond acceptors (Lipinski definition) is 5. The molecule has 1 aromatic heterocycles. The number of anilines is 1. The normalized spacial score (nSPS) is 25.1. The van der Waals surface area contributed by atoms with Crippen molar-refractivity contribution in [3.63, 3.8) is 0 Å². The monoisotopic (exact) mass is 398 g/mol. The van der Waals surface area contributed by atoms with Gasteiger partial charge in [-0.15, -0.1) is 0 Å². The number of morpholine rings is 1. The van der Waals surface area contributed by atoms with E-state index >= 15 is 0 Å². The van der Waals surface area contributed by atoms with Crippen LogP contribution in [0, 0.1) is 0 Å². The molecule has 2 saturated heterocycles. The smallest absolute Gasteiger partial charge is 0.257 e. The van der Waals surface area contributed by atoms with Gasteiger partial charge in [-0.05, 0) is 18.4 Å². The fourth-order valence-corrected chi connectivity index (χ4v) is 3.96. The zero-order chi connectivity index (χ0) is 20.4. The third kappa shape index (κ3) is 4.04. The number of amides is 2. The molecule has 2 aromatic rings. The van der Waals surface area contributed by atoms with Crippen LogP contribution in [0.2, 0.25) is 0 Å². The summed E-state index contributed by atoms with van der Waals surface area (Å²) >= 11 is 0. The molecule has 2 amide bonds. The van der Waals surface area contributed by atoms with Crippen LogP contribution in [0.1, 0.15) is 36.1 Å². The second kappa shape index (κ2) is 8.34. The summed E-state index contributed by atoms with van der Waals surface area (Å²) in [5, 5.41) is 7.49. The summed E-state index contributed by atoms with van der Waals surface area (Å²) in [6, 6.07) is 10.9. The summed E-state index contributed by atoms with van der Waals surface area (Å²) in [5.74, 6) is 0.397. The minimum Gasteiger partial charge on any atom is -0.381 e. The van der Waals surface area contributed by atoms with Gasteiger partial charge in [0.05, 0.1) is 18.3 Å². The van der Waals surface area contributed by atoms with Gasteiger partial charge in [-0.2, -0.15) is 5.10 Å². The van der Waals surface area contributed by atoms with Crippen molar-refractivity contribution >= 4 is 17.6 Å². The summed E-state index contributed by atoms with van der Waals surface area (Å²) in [7, 11) is 3.50. The Morgan fingerprint density at radius 1 is 1.24 bits per heavy atom. The highest BCUT2D eigenvalue weighted by molar-refractivity contribution is 5.95. The molecule has 0 spiro atoms. The van der Waals surface area contributed by atoms with Crippen molar-refractivity contribution in [2.24, 2.45) is 7.05 Å². The minimum absolute atomic E-state index is 0.117. The predicted molar refractivity (Wildman–Crippen MR) is 106 cm³/mol. The molecule has 8 heteroatoms. The molecule has 0 radical (unpaired) electrons. The summed E-state index contributed by atoms with van der Waals surface area (Å²) < 4.78 is 12.9. The van der Waals surface area contributed by atoms with Gasteiger partial charge in [-0.25, -0.2) is 0 Å². The third-order valence-corrected chi connectivity index (χ3v) is 5.61. The van der Waals surface area contributed by atoms with Crippen LogP contribution in [0.25, 0.3) is 0 Å². The molecule has 0 saturated carbocycles. The molecule has 4 rings (SSSR count). The van der Waals surface area contributed by atoms with E-state index in [-0.39, 0.29) is 24.3 Å². The highest BCUT2D eigenvalue weighted by Gasteiger charge is 2.40. The Morgan fingerprint density at radius 3 is 2.76 bits per heavy atom. The van der Waals surface area contributed by atoms with Crippen molar-refractivity contribution in [3.05, 3.63) is 47.7 Å². The molecule has 0 bridgehead atoms. The SMILES string of the molecule is CN1C(=O)COC(C(=O)Nc2cc(C3CCCOC3)nn2C)C1c1ccccc1. The maximum Gasteiger partial charge on any atom is 0.257 e. The summed E-state index contributed by atoms with van der Waals surface area (Å²) in [6.45, 7) is 1.33. The number of nitrogens with one attached hydrogen (secondary N) is 1. The van der Waals surface area contributed by atoms with Gasteiger partial charge in [0.2, 0.25) is 5.91 Å². The first-order valence-electron chi connectivity index (χ1n) is 9.89. The minimum atomic E-state index is -0.809. The van der Waals surface area contributed by atoms with Crippen molar-refractivity contribution in [1.82, 2.24) is 14.7 Å². The topological polar surface area (TPSA) is 85.7 Å². The maximum atomic E-state index is 13.1. The van der Waals surface area contributed by atoms with E-state index in [1.807, 2.05) is 36.4 Å². The lowest BCUT2D eigenvalue weighted by atomic mass is 9.97. The first kappa shape index (κ1) is 19.6. The first-order chi connectivity index (χ1) is 14.0. The molecule has 8 nitrogen and oxygen atoms in total. The van der Waals surface area contributed by atoms with Gasteiger partial charge >= 0.3 is 0 Å². The van der Waals surface area contributed by atoms with Gasteiger partial charge in [0, 0.05) is 32.7 Å². The summed E-state index contributed by atoms with van der Waals surface area (Å²) in [5.41, 5.74) is 1.77. The van der Waals surface area contributed by atoms with Crippen molar-refractivity contribution in [1.29, 1.82) is 0 Å². The molecular formula is C21H26N4O4. The lowest BCUT2D eigenvalue weighted by Crippen LogP contribution is -2.51. The molecule has 2 aliphatic heterocycles. The molecule has 1 aromatic carbocycles. The Bertz CT molecular complexity index is 876. The van der Waals surface area contributed by atoms with Gasteiger partial charge in [-0.3, -0.25) is 14.3 Å². The van der Waals surface area contributed by atoms with E-state index in [4.69, 9.17) is 9.47 Å². The van der Waals surface area contributed by atoms with E-state index < -0.39 is 12.1 Å². The van der Waals surface area contributed by atoms with Crippen LogP contribution in [-0.2, 0) is 26.1 Å². The van der Waals surface area contributed by atoms with E-state index in [2.05, 4.69) is 10.4 Å². The highest BCUT2D eigenvalue weighted by Crippen LogP contribution is 2.30. The first-order valence-corrected chi connectivity index (χ1v) is 9.89. The number of likely N-dealkylation sites (N-methyl/N-ethyl adjacent to an activating group) is 1. The molecule has 2 fully saturated rings. The molecule has 1 N–H and O–H groups in total. The van der Waals surface area contributed by atoms with Crippen LogP contribution in [0.15, 0.2) is 36.4 Å². The largest absolute Gasteiger partial charge is 0.381 e. The second-order valence-corrected chi connectivity index (χ2v) is 7.57. The molecule has 2 aliphatic rings. The zero-order valence-electron chi connectivity index (χ0n) is 16.7. The predicted octanol–water partition coefficient (Wildman–Crippen LogP) is 1.85. The quantitative estimate of drug-likeness (QED) is 0.850. The Kier molecular flexibility index (Phi) is 5.64. The molecule has 154 valence electrons. The Morgan fingerprint density at radius 2 is 2.03 bits per heavy atom. The van der Waals surface area contributed by atoms with E-state index in [0.29, 0.717) is 12.4 Å². The average molecular weight is 398 g/mol. The zero-order valence-corrected chi connectivity index (χ0v) is 16.7. The molecular weight excluding hydrogens is 372 g/mol. The second-order valence-electron chi connectivity index (χ2n) is 7.57. The van der Waals surface area contributed by atoms with E-state index in [1.165, 1.54) is 0 Å². The number of nitrogens with zero attached hydrogens (tertiary/aromatic N) is 3. The van der Waals surface area contributed by atoms with Crippen molar-refractivity contribution in [2.45, 2.75) is 30.9 Å². The van der Waals surface area contributed by atoms with E-state index in [1.54, 1.807) is 23.7 Å². The number of rotatable bonds is 4. The molecule has 29 heavy (non-hydrogen) atoms. The van der Waals surface area contributed by atoms with Crippen LogP contribution in [-0.4, -0.2) is 59.5 Å². The third-order valence-electron chi connectivity index (χ3n) is 5.61. The van der Waals surface area contributed by atoms with Crippen LogP contribution < -0.4 is 5.32 Å². The van der Waals surface area contributed by atoms with Crippen molar-refractivity contribution < 1.29 is 19.1 Å². The molecule has 3 unspecified atom stereocenters. The number of carbonyl (C=O) groups is 2. The van der Waals surface area contributed by atoms with Crippen LogP contribution in [0.3, 0.4) is 0 Å². The number of ether oxygens (including phenoxy) is 2. The average Bonchev–Trinajstić information content (AvgIpc) is 3.11. The van der Waals surface area contributed by atoms with E-state index in [9.17, 15) is 9.59 Å². The van der Waals surface area contributed by atoms with Crippen molar-refractivity contribution in [3.8, 4) is 0 Å². The Labute approximate surface area is 169 Å². The number of hydrogen-bond donors (Lipinski definition) is 1. The molecule has 3 heterocycles. The van der Waals surface area contributed by atoms with E-state index in [0.717, 1.165) is 30.7 Å². The number of aromatic nitrogens is 2. The standard InChI is InChI=1S/C21H26N4O4/c1-24-18(26)13-29-20(19(24)14-7-4-3-5-8-14)21(27)22-17-11-16(23-25(17)2)15-9-6-10-28-12-15/h3-5,7-8,11,15,19-20H,6,9-10,12-13H2,1-2H3,(H,22,27). The Hall–Kier alpha value is -2.71. The fraction of sp³-hybridized carbons (Fsp3) is 0.476. The van der Waals surface area contributed by atoms with Crippen LogP contribution in [0.5, 0.6) is 0 Å². The lowest BCUT2D eigenvalue weighted by Gasteiger charge is -2.38. The highest BCUT2D eigenvalue weighted by atomic mass is 16.5. The Balaban J connectivity index is 1.54. The van der Waals surface area contributed by atoms with Gasteiger partial charge in [-0.1, -0.05) is 30.3 Å². The van der Waals surface area contributed by atoms with Gasteiger partial charge in [0.25, 0.3) is 5.91 Å². The maximum absolute atomic E-state index is 13.1. The number of aryl methyl sites for hydroxylation is 1. The fourth-order valence-electron chi connectivity index (χ4n) is 3.96.